The van der Waals surface area contributed by atoms with E-state index in [9.17, 15) is 0 Å². The maximum atomic E-state index is 4.08. The molecule has 1 N–H and O–H groups in total. The summed E-state index contributed by atoms with van der Waals surface area (Å²) in [6, 6.07) is 0.564. The van der Waals surface area contributed by atoms with E-state index in [-0.39, 0.29) is 0 Å². The minimum Gasteiger partial charge on any atom is -0.317 e. The summed E-state index contributed by atoms with van der Waals surface area (Å²) in [5.74, 6) is 0. The van der Waals surface area contributed by atoms with Crippen molar-refractivity contribution in [3.05, 3.63) is 11.9 Å². The first-order chi connectivity index (χ1) is 5.88. The Morgan fingerprint density at radius 2 is 2.25 bits per heavy atom. The number of piperidine rings is 1. The normalized spacial score (nSPS) is 19.8. The Morgan fingerprint density at radius 1 is 1.50 bits per heavy atom. The third-order valence-corrected chi connectivity index (χ3v) is 2.41. The van der Waals surface area contributed by atoms with Gasteiger partial charge in [-0.25, -0.2) is 4.68 Å². The van der Waals surface area contributed by atoms with Crippen LogP contribution in [0.5, 0.6) is 0 Å². The highest BCUT2D eigenvalue weighted by Gasteiger charge is 2.16. The molecule has 0 amide bonds. The van der Waals surface area contributed by atoms with Crippen molar-refractivity contribution >= 4 is 0 Å². The number of nitrogens with one attached hydrogen (secondary N) is 1. The van der Waals surface area contributed by atoms with Gasteiger partial charge in [0, 0.05) is 0 Å². The molecule has 0 aliphatic carbocycles. The lowest BCUT2D eigenvalue weighted by atomic mass is 10.1. The van der Waals surface area contributed by atoms with Gasteiger partial charge in [0.15, 0.2) is 0 Å². The largest absolute Gasteiger partial charge is 0.317 e. The fourth-order valence-electron chi connectivity index (χ4n) is 1.71. The maximum Gasteiger partial charge on any atom is 0.0722 e. The molecule has 0 saturated carbocycles. The van der Waals surface area contributed by atoms with Gasteiger partial charge in [-0.15, -0.1) is 5.10 Å². The van der Waals surface area contributed by atoms with Crippen molar-refractivity contribution in [3.63, 3.8) is 0 Å². The van der Waals surface area contributed by atoms with Gasteiger partial charge in [-0.2, -0.15) is 0 Å². The van der Waals surface area contributed by atoms with Crippen molar-refractivity contribution in [1.82, 2.24) is 20.3 Å². The maximum absolute atomic E-state index is 4.08. The van der Waals surface area contributed by atoms with E-state index in [1.165, 1.54) is 18.5 Å². The molecule has 1 fully saturated rings. The lowest BCUT2D eigenvalue weighted by Gasteiger charge is -2.23. The first-order valence-corrected chi connectivity index (χ1v) is 4.45. The zero-order valence-corrected chi connectivity index (χ0v) is 7.32. The molecule has 1 aliphatic rings. The summed E-state index contributed by atoms with van der Waals surface area (Å²) in [6.45, 7) is 4.26. The molecule has 1 aromatic rings. The van der Waals surface area contributed by atoms with E-state index in [1.54, 1.807) is 0 Å². The lowest BCUT2D eigenvalue weighted by Crippen LogP contribution is -2.30. The van der Waals surface area contributed by atoms with Crippen LogP contribution in [0, 0.1) is 6.92 Å². The number of aromatic nitrogens is 3. The molecule has 0 aromatic carbocycles. The summed E-state index contributed by atoms with van der Waals surface area (Å²) >= 11 is 0. The SMILES string of the molecule is Cc1cnnn1C1CCNCC1. The highest BCUT2D eigenvalue weighted by Crippen LogP contribution is 2.17. The monoisotopic (exact) mass is 166 g/mol. The van der Waals surface area contributed by atoms with Crippen molar-refractivity contribution in [1.29, 1.82) is 0 Å². The van der Waals surface area contributed by atoms with Gasteiger partial charge in [0.2, 0.25) is 0 Å². The quantitative estimate of drug-likeness (QED) is 0.661. The van der Waals surface area contributed by atoms with Gasteiger partial charge >= 0.3 is 0 Å². The fourth-order valence-corrected chi connectivity index (χ4v) is 1.71. The molecule has 2 rings (SSSR count). The first-order valence-electron chi connectivity index (χ1n) is 4.45. The van der Waals surface area contributed by atoms with Crippen molar-refractivity contribution < 1.29 is 0 Å². The number of rotatable bonds is 1. The van der Waals surface area contributed by atoms with Crippen LogP contribution in [0.3, 0.4) is 0 Å². The zero-order chi connectivity index (χ0) is 8.39. The van der Waals surface area contributed by atoms with Crippen LogP contribution >= 0.6 is 0 Å². The fraction of sp³-hybridized carbons (Fsp3) is 0.750. The number of hydrogen-bond donors (Lipinski definition) is 1. The second-order valence-corrected chi connectivity index (χ2v) is 3.30. The van der Waals surface area contributed by atoms with Crippen LogP contribution in [0.2, 0.25) is 0 Å². The predicted octanol–water partition coefficient (Wildman–Crippen LogP) is 0.511. The Morgan fingerprint density at radius 3 is 2.83 bits per heavy atom. The van der Waals surface area contributed by atoms with E-state index >= 15 is 0 Å². The number of hydrogen-bond acceptors (Lipinski definition) is 3. The number of aryl methyl sites for hydroxylation is 1. The van der Waals surface area contributed by atoms with E-state index < -0.39 is 0 Å². The molecule has 0 radical (unpaired) electrons. The summed E-state index contributed by atoms with van der Waals surface area (Å²) < 4.78 is 2.04. The Hall–Kier alpha value is -0.900. The zero-order valence-electron chi connectivity index (χ0n) is 7.32. The molecule has 0 atom stereocenters. The van der Waals surface area contributed by atoms with Crippen LogP contribution in [0.25, 0.3) is 0 Å². The van der Waals surface area contributed by atoms with Gasteiger partial charge < -0.3 is 5.32 Å². The third-order valence-electron chi connectivity index (χ3n) is 2.41. The Balaban J connectivity index is 2.13. The van der Waals surface area contributed by atoms with E-state index in [0.717, 1.165) is 13.1 Å². The molecule has 0 unspecified atom stereocenters. The molecular weight excluding hydrogens is 152 g/mol. The van der Waals surface area contributed by atoms with Gasteiger partial charge in [-0.05, 0) is 32.9 Å². The first kappa shape index (κ1) is 7.73. The summed E-state index contributed by atoms with van der Waals surface area (Å²) in [5.41, 5.74) is 1.17. The molecule has 4 nitrogen and oxygen atoms in total. The van der Waals surface area contributed by atoms with Gasteiger partial charge in [-0.3, -0.25) is 0 Å². The summed E-state index contributed by atoms with van der Waals surface area (Å²) in [5, 5.41) is 11.3. The van der Waals surface area contributed by atoms with Crippen LogP contribution < -0.4 is 5.32 Å². The van der Waals surface area contributed by atoms with Crippen LogP contribution in [0.15, 0.2) is 6.20 Å². The van der Waals surface area contributed by atoms with Crippen molar-refractivity contribution in [3.8, 4) is 0 Å². The third kappa shape index (κ3) is 1.34. The van der Waals surface area contributed by atoms with Crippen molar-refractivity contribution in [2.75, 3.05) is 13.1 Å². The highest BCUT2D eigenvalue weighted by atomic mass is 15.4. The minimum atomic E-state index is 0.564. The second kappa shape index (κ2) is 3.23. The molecular formula is C8H14N4. The van der Waals surface area contributed by atoms with Gasteiger partial charge in [0.05, 0.1) is 17.9 Å². The molecule has 1 aliphatic heterocycles. The lowest BCUT2D eigenvalue weighted by molar-refractivity contribution is 0.333. The standard InChI is InChI=1S/C8H14N4/c1-7-6-10-11-12(7)8-2-4-9-5-3-8/h6,8-9H,2-5H2,1H3. The Kier molecular flexibility index (Phi) is 2.08. The van der Waals surface area contributed by atoms with E-state index in [1.807, 2.05) is 10.9 Å². The molecule has 2 heterocycles. The summed E-state index contributed by atoms with van der Waals surface area (Å²) in [4.78, 5) is 0. The summed E-state index contributed by atoms with van der Waals surface area (Å²) in [6.07, 6.45) is 4.16. The van der Waals surface area contributed by atoms with E-state index in [0.29, 0.717) is 6.04 Å². The van der Waals surface area contributed by atoms with Crippen molar-refractivity contribution in [2.24, 2.45) is 0 Å². The molecule has 0 spiro atoms. The Bertz CT molecular complexity index is 249. The summed E-state index contributed by atoms with van der Waals surface area (Å²) in [7, 11) is 0. The minimum absolute atomic E-state index is 0.564. The molecule has 1 saturated heterocycles. The van der Waals surface area contributed by atoms with E-state index in [2.05, 4.69) is 22.6 Å². The average Bonchev–Trinajstić information content (AvgIpc) is 2.53. The van der Waals surface area contributed by atoms with Gasteiger partial charge in [0.1, 0.15) is 0 Å². The van der Waals surface area contributed by atoms with Gasteiger partial charge in [-0.1, -0.05) is 5.21 Å². The topological polar surface area (TPSA) is 42.7 Å². The van der Waals surface area contributed by atoms with Crippen LogP contribution in [0.4, 0.5) is 0 Å². The van der Waals surface area contributed by atoms with Crippen LogP contribution in [0.1, 0.15) is 24.6 Å². The van der Waals surface area contributed by atoms with E-state index in [4.69, 9.17) is 0 Å². The molecule has 4 heteroatoms. The second-order valence-electron chi connectivity index (χ2n) is 3.30. The predicted molar refractivity (Wildman–Crippen MR) is 45.9 cm³/mol. The Labute approximate surface area is 72.0 Å². The molecule has 12 heavy (non-hydrogen) atoms. The molecule has 1 aromatic heterocycles. The molecule has 0 bridgehead atoms. The smallest absolute Gasteiger partial charge is 0.0722 e. The average molecular weight is 166 g/mol. The van der Waals surface area contributed by atoms with Crippen LogP contribution in [-0.4, -0.2) is 28.1 Å². The molecule has 66 valence electrons. The number of nitrogens with zero attached hydrogens (tertiary/aromatic N) is 3. The highest BCUT2D eigenvalue weighted by molar-refractivity contribution is 4.92. The van der Waals surface area contributed by atoms with Gasteiger partial charge in [0.25, 0.3) is 0 Å². The van der Waals surface area contributed by atoms with Crippen molar-refractivity contribution in [2.45, 2.75) is 25.8 Å². The van der Waals surface area contributed by atoms with Crippen LogP contribution in [-0.2, 0) is 0 Å².